The Morgan fingerprint density at radius 1 is 1.60 bits per heavy atom. The summed E-state index contributed by atoms with van der Waals surface area (Å²) in [5.41, 5.74) is 0.545. The molecule has 1 aromatic rings. The van der Waals surface area contributed by atoms with E-state index in [4.69, 9.17) is 0 Å². The van der Waals surface area contributed by atoms with Gasteiger partial charge in [-0.1, -0.05) is 6.92 Å². The van der Waals surface area contributed by atoms with Gasteiger partial charge >= 0.3 is 0 Å². The third-order valence-electron chi connectivity index (χ3n) is 3.52. The molecule has 0 saturated heterocycles. The standard InChI is InChI=1S/C12H18BrNS/c1-3-14-9(2)12(5-6-12)8-11-10(13)4-7-15-11/h4,7,9,14H,3,5-6,8H2,1-2H3. The molecule has 1 atom stereocenters. The quantitative estimate of drug-likeness (QED) is 0.868. The number of rotatable bonds is 5. The number of hydrogen-bond acceptors (Lipinski definition) is 2. The molecular weight excluding hydrogens is 270 g/mol. The van der Waals surface area contributed by atoms with Crippen molar-refractivity contribution in [3.8, 4) is 0 Å². The molecule has 1 unspecified atom stereocenters. The van der Waals surface area contributed by atoms with Crippen molar-refractivity contribution in [2.24, 2.45) is 5.41 Å². The molecule has 1 fully saturated rings. The van der Waals surface area contributed by atoms with Crippen molar-refractivity contribution in [1.29, 1.82) is 0 Å². The van der Waals surface area contributed by atoms with Gasteiger partial charge in [-0.25, -0.2) is 0 Å². The summed E-state index contributed by atoms with van der Waals surface area (Å²) in [5, 5.41) is 5.74. The third-order valence-corrected chi connectivity index (χ3v) is 5.45. The van der Waals surface area contributed by atoms with Gasteiger partial charge in [-0.3, -0.25) is 0 Å². The molecule has 3 heteroatoms. The van der Waals surface area contributed by atoms with Crippen LogP contribution in [-0.2, 0) is 6.42 Å². The minimum absolute atomic E-state index is 0.545. The fourth-order valence-electron chi connectivity index (χ4n) is 2.22. The van der Waals surface area contributed by atoms with Crippen LogP contribution in [0.15, 0.2) is 15.9 Å². The zero-order valence-electron chi connectivity index (χ0n) is 9.35. The summed E-state index contributed by atoms with van der Waals surface area (Å²) in [4.78, 5) is 1.51. The lowest BCUT2D eigenvalue weighted by molar-refractivity contribution is 0.357. The summed E-state index contributed by atoms with van der Waals surface area (Å²) in [5.74, 6) is 0. The van der Waals surface area contributed by atoms with E-state index in [1.165, 1.54) is 28.6 Å². The lowest BCUT2D eigenvalue weighted by Crippen LogP contribution is -2.35. The van der Waals surface area contributed by atoms with Crippen LogP contribution >= 0.6 is 27.3 Å². The maximum Gasteiger partial charge on any atom is 0.0314 e. The molecule has 0 aliphatic heterocycles. The summed E-state index contributed by atoms with van der Waals surface area (Å²) in [6.45, 7) is 5.60. The first kappa shape index (κ1) is 11.6. The van der Waals surface area contributed by atoms with Crippen LogP contribution in [0.3, 0.4) is 0 Å². The first-order valence-corrected chi connectivity index (χ1v) is 7.30. The van der Waals surface area contributed by atoms with Gasteiger partial charge in [0.2, 0.25) is 0 Å². The fraction of sp³-hybridized carbons (Fsp3) is 0.667. The monoisotopic (exact) mass is 287 g/mol. The molecule has 1 aliphatic rings. The molecule has 0 bridgehead atoms. The van der Waals surface area contributed by atoms with Crippen molar-refractivity contribution < 1.29 is 0 Å². The highest BCUT2D eigenvalue weighted by atomic mass is 79.9. The van der Waals surface area contributed by atoms with E-state index in [9.17, 15) is 0 Å². The summed E-state index contributed by atoms with van der Waals surface area (Å²) < 4.78 is 1.29. The summed E-state index contributed by atoms with van der Waals surface area (Å²) >= 11 is 5.50. The molecule has 1 heterocycles. The van der Waals surface area contributed by atoms with Crippen molar-refractivity contribution in [3.05, 3.63) is 20.8 Å². The minimum atomic E-state index is 0.545. The molecule has 0 amide bonds. The topological polar surface area (TPSA) is 12.0 Å². The Balaban J connectivity index is 2.02. The Morgan fingerprint density at radius 2 is 2.33 bits per heavy atom. The van der Waals surface area contributed by atoms with Gasteiger partial charge in [-0.05, 0) is 65.5 Å². The van der Waals surface area contributed by atoms with Crippen molar-refractivity contribution in [1.82, 2.24) is 5.32 Å². The van der Waals surface area contributed by atoms with Crippen molar-refractivity contribution in [2.75, 3.05) is 6.54 Å². The van der Waals surface area contributed by atoms with Crippen LogP contribution in [0.1, 0.15) is 31.6 Å². The number of halogens is 1. The van der Waals surface area contributed by atoms with Gasteiger partial charge < -0.3 is 5.32 Å². The minimum Gasteiger partial charge on any atom is -0.314 e. The molecule has 1 aliphatic carbocycles. The lowest BCUT2D eigenvalue weighted by Gasteiger charge is -2.23. The van der Waals surface area contributed by atoms with E-state index < -0.39 is 0 Å². The van der Waals surface area contributed by atoms with Crippen molar-refractivity contribution >= 4 is 27.3 Å². The average Bonchev–Trinajstić information content (AvgIpc) is 2.88. The third kappa shape index (κ3) is 2.45. The Labute approximate surface area is 104 Å². The molecule has 1 nitrogen and oxygen atoms in total. The lowest BCUT2D eigenvalue weighted by atomic mass is 9.93. The molecular formula is C12H18BrNS. The zero-order valence-corrected chi connectivity index (χ0v) is 11.7. The molecule has 1 saturated carbocycles. The maximum atomic E-state index is 3.62. The van der Waals surface area contributed by atoms with E-state index in [0.29, 0.717) is 11.5 Å². The second-order valence-corrected chi connectivity index (χ2v) is 6.37. The second kappa shape index (κ2) is 4.56. The molecule has 0 radical (unpaired) electrons. The predicted octanol–water partition coefficient (Wildman–Crippen LogP) is 3.83. The summed E-state index contributed by atoms with van der Waals surface area (Å²) in [6, 6.07) is 2.81. The number of thiophene rings is 1. The van der Waals surface area contributed by atoms with Crippen LogP contribution in [0, 0.1) is 5.41 Å². The van der Waals surface area contributed by atoms with Gasteiger partial charge in [0.25, 0.3) is 0 Å². The van der Waals surface area contributed by atoms with Gasteiger partial charge in [0.15, 0.2) is 0 Å². The van der Waals surface area contributed by atoms with E-state index in [-0.39, 0.29) is 0 Å². The Kier molecular flexibility index (Phi) is 3.53. The largest absolute Gasteiger partial charge is 0.314 e. The Hall–Kier alpha value is 0.140. The van der Waals surface area contributed by atoms with E-state index in [2.05, 4.69) is 46.5 Å². The van der Waals surface area contributed by atoms with E-state index in [0.717, 1.165) is 6.54 Å². The van der Waals surface area contributed by atoms with E-state index in [1.807, 2.05) is 11.3 Å². The highest BCUT2D eigenvalue weighted by Crippen LogP contribution is 2.52. The Morgan fingerprint density at radius 3 is 2.80 bits per heavy atom. The molecule has 1 aromatic heterocycles. The van der Waals surface area contributed by atoms with Crippen LogP contribution in [-0.4, -0.2) is 12.6 Å². The van der Waals surface area contributed by atoms with Gasteiger partial charge in [0.05, 0.1) is 0 Å². The fourth-order valence-corrected chi connectivity index (χ4v) is 3.86. The van der Waals surface area contributed by atoms with Crippen LogP contribution in [0.4, 0.5) is 0 Å². The van der Waals surface area contributed by atoms with E-state index in [1.54, 1.807) is 0 Å². The van der Waals surface area contributed by atoms with Crippen LogP contribution in [0.5, 0.6) is 0 Å². The first-order chi connectivity index (χ1) is 7.18. The summed E-state index contributed by atoms with van der Waals surface area (Å²) in [6.07, 6.45) is 4.00. The second-order valence-electron chi connectivity index (χ2n) is 4.51. The number of hydrogen-bond donors (Lipinski definition) is 1. The Bertz CT molecular complexity index is 330. The van der Waals surface area contributed by atoms with Gasteiger partial charge in [0, 0.05) is 15.4 Å². The van der Waals surface area contributed by atoms with Gasteiger partial charge in [0.1, 0.15) is 0 Å². The summed E-state index contributed by atoms with van der Waals surface area (Å²) in [7, 11) is 0. The highest BCUT2D eigenvalue weighted by molar-refractivity contribution is 9.10. The van der Waals surface area contributed by atoms with Crippen molar-refractivity contribution in [2.45, 2.75) is 39.2 Å². The van der Waals surface area contributed by atoms with E-state index >= 15 is 0 Å². The van der Waals surface area contributed by atoms with Crippen LogP contribution in [0.25, 0.3) is 0 Å². The molecule has 0 spiro atoms. The zero-order chi connectivity index (χ0) is 10.9. The normalized spacial score (nSPS) is 20.2. The number of nitrogens with one attached hydrogen (secondary N) is 1. The molecule has 2 rings (SSSR count). The van der Waals surface area contributed by atoms with Crippen LogP contribution in [0.2, 0.25) is 0 Å². The highest BCUT2D eigenvalue weighted by Gasteiger charge is 2.47. The molecule has 15 heavy (non-hydrogen) atoms. The van der Waals surface area contributed by atoms with Gasteiger partial charge in [-0.2, -0.15) is 0 Å². The molecule has 84 valence electrons. The molecule has 0 aromatic carbocycles. The van der Waals surface area contributed by atoms with Crippen molar-refractivity contribution in [3.63, 3.8) is 0 Å². The van der Waals surface area contributed by atoms with Gasteiger partial charge in [-0.15, -0.1) is 11.3 Å². The SMILES string of the molecule is CCNC(C)C1(Cc2sccc2Br)CC1. The smallest absolute Gasteiger partial charge is 0.0314 e. The maximum absolute atomic E-state index is 3.62. The predicted molar refractivity (Wildman–Crippen MR) is 70.5 cm³/mol. The first-order valence-electron chi connectivity index (χ1n) is 5.63. The molecule has 1 N–H and O–H groups in total. The average molecular weight is 288 g/mol. The van der Waals surface area contributed by atoms with Crippen LogP contribution < -0.4 is 5.32 Å².